The van der Waals surface area contributed by atoms with E-state index in [1.54, 1.807) is 11.3 Å². The fraction of sp³-hybridized carbons (Fsp3) is 0.682. The van der Waals surface area contributed by atoms with Crippen LogP contribution in [-0.4, -0.2) is 48.5 Å². The zero-order valence-corrected chi connectivity index (χ0v) is 17.7. The van der Waals surface area contributed by atoms with Crippen LogP contribution in [0.1, 0.15) is 63.4 Å². The number of aliphatic hydroxyl groups excluding tert-OH is 1. The first-order chi connectivity index (χ1) is 13.7. The highest BCUT2D eigenvalue weighted by atomic mass is 32.1. The second kappa shape index (κ2) is 11.0. The van der Waals surface area contributed by atoms with Crippen LogP contribution in [0.15, 0.2) is 28.7 Å². The van der Waals surface area contributed by atoms with E-state index >= 15 is 0 Å². The van der Waals surface area contributed by atoms with E-state index in [4.69, 9.17) is 9.47 Å². The Balaban J connectivity index is 1.85. The van der Waals surface area contributed by atoms with Crippen molar-refractivity contribution >= 4 is 17.2 Å². The predicted octanol–water partition coefficient (Wildman–Crippen LogP) is 4.29. The first kappa shape index (κ1) is 21.3. The van der Waals surface area contributed by atoms with Crippen molar-refractivity contribution in [2.75, 3.05) is 26.3 Å². The van der Waals surface area contributed by atoms with Gasteiger partial charge in [-0.25, -0.2) is 0 Å². The van der Waals surface area contributed by atoms with Gasteiger partial charge < -0.3 is 19.5 Å². The zero-order valence-electron chi connectivity index (χ0n) is 16.8. The second-order valence-corrected chi connectivity index (χ2v) is 8.42. The standard InChI is InChI=1S/C22H33NO4S/c1-2-26-22-18(9-8-13-24)19(17-10-14-28-16-17)15-20(27-22)21(25)23-11-6-4-3-5-7-12-23/h10,14-16,18-19,22,24H,2-9,11-13H2,1H3/t18-,19+,22+/m0/s1. The summed E-state index contributed by atoms with van der Waals surface area (Å²) in [6, 6.07) is 2.12. The Bertz CT molecular complexity index is 622. The molecule has 1 fully saturated rings. The number of carbonyl (C=O) groups excluding carboxylic acids is 1. The summed E-state index contributed by atoms with van der Waals surface area (Å²) >= 11 is 1.66. The minimum absolute atomic E-state index is 0.00700. The lowest BCUT2D eigenvalue weighted by Gasteiger charge is -2.38. The fourth-order valence-electron chi connectivity index (χ4n) is 4.21. The summed E-state index contributed by atoms with van der Waals surface area (Å²) in [5.74, 6) is 0.574. The molecule has 3 atom stereocenters. The molecule has 3 rings (SSSR count). The molecule has 1 saturated heterocycles. The Hall–Kier alpha value is -1.37. The lowest BCUT2D eigenvalue weighted by atomic mass is 9.81. The van der Waals surface area contributed by atoms with Gasteiger partial charge in [0.1, 0.15) is 0 Å². The second-order valence-electron chi connectivity index (χ2n) is 7.64. The van der Waals surface area contributed by atoms with Crippen LogP contribution >= 0.6 is 11.3 Å². The normalized spacial score (nSPS) is 26.1. The molecule has 0 aliphatic carbocycles. The number of thiophene rings is 1. The van der Waals surface area contributed by atoms with Gasteiger partial charge in [0, 0.05) is 38.1 Å². The summed E-state index contributed by atoms with van der Waals surface area (Å²) in [6.45, 7) is 4.23. The van der Waals surface area contributed by atoms with Crippen molar-refractivity contribution < 1.29 is 19.4 Å². The van der Waals surface area contributed by atoms with E-state index in [0.717, 1.165) is 32.4 Å². The van der Waals surface area contributed by atoms with E-state index in [-0.39, 0.29) is 24.3 Å². The highest BCUT2D eigenvalue weighted by molar-refractivity contribution is 7.08. The van der Waals surface area contributed by atoms with Gasteiger partial charge in [-0.1, -0.05) is 19.3 Å². The van der Waals surface area contributed by atoms with Crippen LogP contribution in [0.5, 0.6) is 0 Å². The molecular weight excluding hydrogens is 374 g/mol. The lowest BCUT2D eigenvalue weighted by molar-refractivity contribution is -0.170. The number of hydrogen-bond acceptors (Lipinski definition) is 5. The molecule has 2 aliphatic rings. The smallest absolute Gasteiger partial charge is 0.288 e. The molecule has 1 amide bonds. The van der Waals surface area contributed by atoms with Crippen LogP contribution in [0.25, 0.3) is 0 Å². The molecule has 0 spiro atoms. The molecule has 2 aliphatic heterocycles. The Morgan fingerprint density at radius 2 is 2.04 bits per heavy atom. The summed E-state index contributed by atoms with van der Waals surface area (Å²) in [6.07, 6.45) is 8.78. The van der Waals surface area contributed by atoms with Gasteiger partial charge in [0.15, 0.2) is 5.76 Å². The van der Waals surface area contributed by atoms with Gasteiger partial charge in [-0.2, -0.15) is 11.3 Å². The van der Waals surface area contributed by atoms with Crippen molar-refractivity contribution in [1.82, 2.24) is 4.90 Å². The Morgan fingerprint density at radius 1 is 1.29 bits per heavy atom. The van der Waals surface area contributed by atoms with E-state index in [0.29, 0.717) is 18.8 Å². The fourth-order valence-corrected chi connectivity index (χ4v) is 4.92. The minimum Gasteiger partial charge on any atom is -0.459 e. The summed E-state index contributed by atoms with van der Waals surface area (Å²) in [5, 5.41) is 13.5. The van der Waals surface area contributed by atoms with Gasteiger partial charge in [-0.05, 0) is 61.1 Å². The number of rotatable bonds is 7. The Kier molecular flexibility index (Phi) is 8.37. The van der Waals surface area contributed by atoms with Crippen molar-refractivity contribution in [1.29, 1.82) is 0 Å². The zero-order chi connectivity index (χ0) is 19.8. The molecule has 28 heavy (non-hydrogen) atoms. The third-order valence-electron chi connectivity index (χ3n) is 5.69. The van der Waals surface area contributed by atoms with Gasteiger partial charge in [0.25, 0.3) is 5.91 Å². The molecule has 1 N–H and O–H groups in total. The molecule has 3 heterocycles. The van der Waals surface area contributed by atoms with Gasteiger partial charge in [-0.3, -0.25) is 4.79 Å². The third kappa shape index (κ3) is 5.37. The first-order valence-corrected chi connectivity index (χ1v) is 11.6. The lowest BCUT2D eigenvalue weighted by Crippen LogP contribution is -2.41. The molecule has 1 aromatic heterocycles. The Morgan fingerprint density at radius 3 is 2.68 bits per heavy atom. The molecule has 0 unspecified atom stereocenters. The van der Waals surface area contributed by atoms with Crippen LogP contribution in [0.2, 0.25) is 0 Å². The number of amides is 1. The van der Waals surface area contributed by atoms with E-state index in [1.807, 2.05) is 17.9 Å². The number of aliphatic hydroxyl groups is 1. The van der Waals surface area contributed by atoms with Crippen molar-refractivity contribution in [3.05, 3.63) is 34.2 Å². The molecule has 0 saturated carbocycles. The van der Waals surface area contributed by atoms with E-state index in [9.17, 15) is 9.90 Å². The largest absolute Gasteiger partial charge is 0.459 e. The minimum atomic E-state index is -0.458. The number of likely N-dealkylation sites (tertiary alicyclic amines) is 1. The highest BCUT2D eigenvalue weighted by Gasteiger charge is 2.38. The quantitative estimate of drug-likeness (QED) is 0.732. The maximum Gasteiger partial charge on any atom is 0.288 e. The average molecular weight is 408 g/mol. The SMILES string of the molecule is CCO[C@@H]1OC(C(=O)N2CCCCCCC2)=C[C@H](c2ccsc2)[C@@H]1CCCO. The summed E-state index contributed by atoms with van der Waals surface area (Å²) < 4.78 is 12.0. The summed E-state index contributed by atoms with van der Waals surface area (Å²) in [4.78, 5) is 15.2. The molecule has 156 valence electrons. The number of nitrogens with zero attached hydrogens (tertiary/aromatic N) is 1. The number of allylic oxidation sites excluding steroid dienone is 1. The molecular formula is C22H33NO4S. The van der Waals surface area contributed by atoms with E-state index < -0.39 is 6.29 Å². The van der Waals surface area contributed by atoms with Gasteiger partial charge in [-0.15, -0.1) is 0 Å². The van der Waals surface area contributed by atoms with Gasteiger partial charge >= 0.3 is 0 Å². The third-order valence-corrected chi connectivity index (χ3v) is 6.40. The van der Waals surface area contributed by atoms with Crippen molar-refractivity contribution in [3.8, 4) is 0 Å². The van der Waals surface area contributed by atoms with E-state index in [2.05, 4.69) is 16.8 Å². The number of hydrogen-bond donors (Lipinski definition) is 1. The number of ether oxygens (including phenoxy) is 2. The summed E-state index contributed by atoms with van der Waals surface area (Å²) in [7, 11) is 0. The monoisotopic (exact) mass is 407 g/mol. The number of carbonyl (C=O) groups is 1. The van der Waals surface area contributed by atoms with Crippen LogP contribution in [0.4, 0.5) is 0 Å². The molecule has 0 radical (unpaired) electrons. The van der Waals surface area contributed by atoms with E-state index in [1.165, 1.54) is 24.8 Å². The molecule has 0 aromatic carbocycles. The van der Waals surface area contributed by atoms with Gasteiger partial charge in [0.05, 0.1) is 0 Å². The Labute approximate surface area is 172 Å². The van der Waals surface area contributed by atoms with Crippen LogP contribution in [0.3, 0.4) is 0 Å². The van der Waals surface area contributed by atoms with Crippen molar-refractivity contribution in [2.24, 2.45) is 5.92 Å². The molecule has 5 nitrogen and oxygen atoms in total. The topological polar surface area (TPSA) is 59.0 Å². The molecule has 1 aromatic rings. The maximum atomic E-state index is 13.2. The van der Waals surface area contributed by atoms with Crippen LogP contribution < -0.4 is 0 Å². The average Bonchev–Trinajstić information content (AvgIpc) is 3.20. The summed E-state index contributed by atoms with van der Waals surface area (Å²) in [5.41, 5.74) is 1.19. The van der Waals surface area contributed by atoms with Crippen molar-refractivity contribution in [3.63, 3.8) is 0 Å². The van der Waals surface area contributed by atoms with Crippen LogP contribution in [-0.2, 0) is 14.3 Å². The van der Waals surface area contributed by atoms with Gasteiger partial charge in [0.2, 0.25) is 6.29 Å². The highest BCUT2D eigenvalue weighted by Crippen LogP contribution is 2.40. The first-order valence-electron chi connectivity index (χ1n) is 10.7. The maximum absolute atomic E-state index is 13.2. The van der Waals surface area contributed by atoms with Crippen molar-refractivity contribution in [2.45, 2.75) is 64.1 Å². The molecule has 0 bridgehead atoms. The van der Waals surface area contributed by atoms with Crippen LogP contribution in [0, 0.1) is 5.92 Å². The predicted molar refractivity (Wildman–Crippen MR) is 111 cm³/mol. The molecule has 6 heteroatoms.